The van der Waals surface area contributed by atoms with E-state index in [4.69, 9.17) is 16.9 Å². The van der Waals surface area contributed by atoms with Crippen LogP contribution in [0.3, 0.4) is 0 Å². The lowest BCUT2D eigenvalue weighted by molar-refractivity contribution is 0.518. The van der Waals surface area contributed by atoms with Crippen molar-refractivity contribution in [2.45, 2.75) is 18.9 Å². The number of rotatable bonds is 3. The maximum atomic E-state index is 14.2. The predicted molar refractivity (Wildman–Crippen MR) is 87.0 cm³/mol. The first-order valence-electron chi connectivity index (χ1n) is 7.34. The summed E-state index contributed by atoms with van der Waals surface area (Å²) in [6, 6.07) is 6.65. The van der Waals surface area contributed by atoms with E-state index in [0.29, 0.717) is 28.8 Å². The second kappa shape index (κ2) is 6.80. The van der Waals surface area contributed by atoms with Crippen molar-refractivity contribution < 1.29 is 4.39 Å². The summed E-state index contributed by atoms with van der Waals surface area (Å²) in [4.78, 5) is 10.1. The van der Waals surface area contributed by atoms with Gasteiger partial charge in [-0.1, -0.05) is 11.6 Å². The Balaban J connectivity index is 1.72. The topological polar surface area (TPSA) is 64.8 Å². The highest BCUT2D eigenvalue weighted by atomic mass is 35.5. The van der Waals surface area contributed by atoms with E-state index in [1.165, 1.54) is 12.3 Å². The van der Waals surface area contributed by atoms with E-state index < -0.39 is 0 Å². The van der Waals surface area contributed by atoms with Crippen LogP contribution in [0.4, 0.5) is 15.9 Å². The van der Waals surface area contributed by atoms with E-state index in [9.17, 15) is 4.39 Å². The fraction of sp³-hybridized carbons (Fsp3) is 0.312. The molecule has 3 rings (SSSR count). The Bertz CT molecular complexity index is 745. The van der Waals surface area contributed by atoms with Gasteiger partial charge in [-0.25, -0.2) is 9.37 Å². The lowest BCUT2D eigenvalue weighted by Crippen LogP contribution is -2.42. The van der Waals surface area contributed by atoms with E-state index in [0.717, 1.165) is 19.4 Å². The minimum atomic E-state index is -0.368. The van der Waals surface area contributed by atoms with Gasteiger partial charge in [-0.2, -0.15) is 5.26 Å². The van der Waals surface area contributed by atoms with Crippen molar-refractivity contribution in [1.29, 1.82) is 5.26 Å². The van der Waals surface area contributed by atoms with Crippen LogP contribution >= 0.6 is 11.6 Å². The summed E-state index contributed by atoms with van der Waals surface area (Å²) in [5.74, 6) is 0.247. The first-order valence-corrected chi connectivity index (χ1v) is 7.72. The molecule has 1 saturated heterocycles. The second-order valence-corrected chi connectivity index (χ2v) is 5.82. The first kappa shape index (κ1) is 15.5. The zero-order valence-corrected chi connectivity index (χ0v) is 13.1. The number of aromatic nitrogens is 2. The van der Waals surface area contributed by atoms with Gasteiger partial charge in [0.15, 0.2) is 0 Å². The monoisotopic (exact) mass is 331 g/mol. The molecule has 7 heteroatoms. The third-order valence-electron chi connectivity index (χ3n) is 3.80. The molecule has 1 unspecified atom stereocenters. The van der Waals surface area contributed by atoms with Gasteiger partial charge in [-0.15, -0.1) is 0 Å². The average Bonchev–Trinajstić information content (AvgIpc) is 2.55. The van der Waals surface area contributed by atoms with Gasteiger partial charge in [0.1, 0.15) is 16.8 Å². The molecule has 0 aliphatic carbocycles. The van der Waals surface area contributed by atoms with Crippen molar-refractivity contribution >= 4 is 23.1 Å². The molecule has 23 heavy (non-hydrogen) atoms. The second-order valence-electron chi connectivity index (χ2n) is 5.43. The Labute approximate surface area is 138 Å². The minimum absolute atomic E-state index is 0.131. The normalized spacial score (nSPS) is 17.6. The third kappa shape index (κ3) is 3.69. The van der Waals surface area contributed by atoms with Crippen molar-refractivity contribution in [3.63, 3.8) is 0 Å². The smallest absolute Gasteiger partial charge is 0.149 e. The molecule has 0 amide bonds. The molecule has 1 aromatic heterocycles. The number of halogens is 2. The zero-order chi connectivity index (χ0) is 16.2. The summed E-state index contributed by atoms with van der Waals surface area (Å²) in [5.41, 5.74) is 0.847. The number of benzene rings is 1. The fourth-order valence-corrected chi connectivity index (χ4v) is 2.91. The number of nitrogens with one attached hydrogen (secondary N) is 1. The van der Waals surface area contributed by atoms with Crippen LogP contribution in [0.1, 0.15) is 18.4 Å². The third-order valence-corrected chi connectivity index (χ3v) is 3.98. The molecule has 2 aromatic rings. The molecule has 1 fully saturated rings. The van der Waals surface area contributed by atoms with Crippen LogP contribution in [0.15, 0.2) is 30.6 Å². The van der Waals surface area contributed by atoms with Crippen LogP contribution in [-0.2, 0) is 0 Å². The molecule has 0 radical (unpaired) electrons. The highest BCUT2D eigenvalue weighted by Gasteiger charge is 2.22. The molecule has 118 valence electrons. The Kier molecular flexibility index (Phi) is 4.58. The van der Waals surface area contributed by atoms with Gasteiger partial charge >= 0.3 is 0 Å². The van der Waals surface area contributed by atoms with E-state index in [1.807, 2.05) is 11.0 Å². The maximum absolute atomic E-state index is 14.2. The molecule has 0 bridgehead atoms. The summed E-state index contributed by atoms with van der Waals surface area (Å²) < 4.78 is 14.2. The standard InChI is InChI=1S/C16H15ClFN5/c17-15-8-20-9-16(22-15)21-12-2-1-5-23(10-12)14-4-3-11(7-19)6-13(14)18/h3-4,6,8-9,12H,1-2,5,10H2,(H,21,22). The summed E-state index contributed by atoms with van der Waals surface area (Å²) in [7, 11) is 0. The molecule has 1 atom stereocenters. The van der Waals surface area contributed by atoms with Gasteiger partial charge in [0.25, 0.3) is 0 Å². The Morgan fingerprint density at radius 2 is 2.26 bits per heavy atom. The van der Waals surface area contributed by atoms with E-state index in [-0.39, 0.29) is 11.9 Å². The van der Waals surface area contributed by atoms with Crippen LogP contribution in [0.2, 0.25) is 5.15 Å². The fourth-order valence-electron chi connectivity index (χ4n) is 2.77. The van der Waals surface area contributed by atoms with Crippen molar-refractivity contribution in [2.24, 2.45) is 0 Å². The maximum Gasteiger partial charge on any atom is 0.149 e. The lowest BCUT2D eigenvalue weighted by atomic mass is 10.0. The molecule has 0 spiro atoms. The molecule has 1 N–H and O–H groups in total. The molecule has 0 saturated carbocycles. The van der Waals surface area contributed by atoms with Crippen molar-refractivity contribution in [2.75, 3.05) is 23.3 Å². The summed E-state index contributed by atoms with van der Waals surface area (Å²) in [6.07, 6.45) is 4.99. The van der Waals surface area contributed by atoms with E-state index >= 15 is 0 Å². The molecule has 5 nitrogen and oxygen atoms in total. The number of nitrogens with zero attached hydrogens (tertiary/aromatic N) is 4. The average molecular weight is 332 g/mol. The van der Waals surface area contributed by atoms with Gasteiger partial charge < -0.3 is 10.2 Å². The van der Waals surface area contributed by atoms with Crippen LogP contribution in [0, 0.1) is 17.1 Å². The van der Waals surface area contributed by atoms with Gasteiger partial charge in [-0.05, 0) is 31.0 Å². The highest BCUT2D eigenvalue weighted by Crippen LogP contribution is 2.25. The van der Waals surface area contributed by atoms with Crippen LogP contribution < -0.4 is 10.2 Å². The number of piperidine rings is 1. The number of hydrogen-bond acceptors (Lipinski definition) is 5. The van der Waals surface area contributed by atoms with Crippen LogP contribution in [-0.4, -0.2) is 29.1 Å². The number of anilines is 2. The molecular formula is C16H15ClFN5. The molecule has 1 aliphatic rings. The molecule has 1 aromatic carbocycles. The van der Waals surface area contributed by atoms with Gasteiger partial charge in [0.2, 0.25) is 0 Å². The number of hydrogen-bond donors (Lipinski definition) is 1. The van der Waals surface area contributed by atoms with Crippen LogP contribution in [0.25, 0.3) is 0 Å². The predicted octanol–water partition coefficient (Wildman–Crippen LogP) is 3.22. The number of nitriles is 1. The molecule has 1 aliphatic heterocycles. The summed E-state index contributed by atoms with van der Waals surface area (Å²) in [6.45, 7) is 1.43. The van der Waals surface area contributed by atoms with Crippen molar-refractivity contribution in [1.82, 2.24) is 9.97 Å². The quantitative estimate of drug-likeness (QED) is 0.935. The zero-order valence-electron chi connectivity index (χ0n) is 12.3. The SMILES string of the molecule is N#Cc1ccc(N2CCCC(Nc3cncc(Cl)n3)C2)c(F)c1. The largest absolute Gasteiger partial charge is 0.367 e. The van der Waals surface area contributed by atoms with Crippen molar-refractivity contribution in [3.8, 4) is 6.07 Å². The van der Waals surface area contributed by atoms with Gasteiger partial charge in [0, 0.05) is 19.1 Å². The molecule has 2 heterocycles. The van der Waals surface area contributed by atoms with Crippen LogP contribution in [0.5, 0.6) is 0 Å². The highest BCUT2D eigenvalue weighted by molar-refractivity contribution is 6.29. The Hall–Kier alpha value is -2.39. The Morgan fingerprint density at radius 1 is 1.39 bits per heavy atom. The molecular weight excluding hydrogens is 317 g/mol. The van der Waals surface area contributed by atoms with E-state index in [1.54, 1.807) is 18.3 Å². The summed E-state index contributed by atoms with van der Waals surface area (Å²) >= 11 is 5.84. The minimum Gasteiger partial charge on any atom is -0.367 e. The summed E-state index contributed by atoms with van der Waals surface area (Å²) in [5, 5.41) is 12.5. The van der Waals surface area contributed by atoms with Crippen molar-refractivity contribution in [3.05, 3.63) is 47.1 Å². The first-order chi connectivity index (χ1) is 11.2. The van der Waals surface area contributed by atoms with Gasteiger partial charge in [0.05, 0.1) is 29.7 Å². The van der Waals surface area contributed by atoms with Gasteiger partial charge in [-0.3, -0.25) is 4.98 Å². The Morgan fingerprint density at radius 3 is 3.00 bits per heavy atom. The lowest BCUT2D eigenvalue weighted by Gasteiger charge is -2.35. The van der Waals surface area contributed by atoms with E-state index in [2.05, 4.69) is 15.3 Å².